The molecule has 1 rings (SSSR count). The van der Waals surface area contributed by atoms with Gasteiger partial charge in [-0.15, -0.1) is 0 Å². The monoisotopic (exact) mass is 302 g/mol. The number of hydrogen-bond acceptors (Lipinski definition) is 4. The number of hydrogen-bond donors (Lipinski definition) is 1. The number of halogens is 1. The molecule has 0 aliphatic heterocycles. The third kappa shape index (κ3) is 5.65. The van der Waals surface area contributed by atoms with Crippen molar-refractivity contribution in [2.45, 2.75) is 13.0 Å². The Bertz CT molecular complexity index is 373. The van der Waals surface area contributed by atoms with Crippen LogP contribution in [0.25, 0.3) is 0 Å². The van der Waals surface area contributed by atoms with Crippen LogP contribution in [0.2, 0.25) is 0 Å². The zero-order chi connectivity index (χ0) is 12.7. The fraction of sp³-hybridized carbons (Fsp3) is 0.455. The summed E-state index contributed by atoms with van der Waals surface area (Å²) in [4.78, 5) is 15.4. The van der Waals surface area contributed by atoms with Crippen molar-refractivity contribution in [3.63, 3.8) is 0 Å². The first-order valence-electron chi connectivity index (χ1n) is 5.13. The zero-order valence-electron chi connectivity index (χ0n) is 9.77. The summed E-state index contributed by atoms with van der Waals surface area (Å²) in [5.41, 5.74) is 0. The number of methoxy groups -OCH3 is 1. The Morgan fingerprint density at radius 3 is 3.00 bits per heavy atom. The SMILES string of the molecule is COCC(C)NC(=O)COc1cncc(Br)c1. The van der Waals surface area contributed by atoms with Gasteiger partial charge < -0.3 is 14.8 Å². The molecule has 1 aromatic heterocycles. The molecular formula is C11H15BrN2O3. The second kappa shape index (κ2) is 7.24. The van der Waals surface area contributed by atoms with Gasteiger partial charge in [0.05, 0.1) is 12.8 Å². The number of carbonyl (C=O) groups is 1. The molecule has 1 unspecified atom stereocenters. The molecule has 0 aliphatic carbocycles. The van der Waals surface area contributed by atoms with E-state index in [0.717, 1.165) is 4.47 Å². The van der Waals surface area contributed by atoms with Crippen molar-refractivity contribution in [3.05, 3.63) is 22.9 Å². The van der Waals surface area contributed by atoms with E-state index in [1.807, 2.05) is 6.92 Å². The van der Waals surface area contributed by atoms with Crippen LogP contribution in [0.4, 0.5) is 0 Å². The standard InChI is InChI=1S/C11H15BrN2O3/c1-8(6-16-2)14-11(15)7-17-10-3-9(12)4-13-5-10/h3-5,8H,6-7H2,1-2H3,(H,14,15). The molecule has 17 heavy (non-hydrogen) atoms. The molecule has 0 aromatic carbocycles. The Balaban J connectivity index is 2.33. The zero-order valence-corrected chi connectivity index (χ0v) is 11.4. The highest BCUT2D eigenvalue weighted by Gasteiger charge is 2.07. The number of nitrogens with zero attached hydrogens (tertiary/aromatic N) is 1. The molecule has 0 fully saturated rings. The summed E-state index contributed by atoms with van der Waals surface area (Å²) < 4.78 is 11.0. The highest BCUT2D eigenvalue weighted by molar-refractivity contribution is 9.10. The summed E-state index contributed by atoms with van der Waals surface area (Å²) in [5.74, 6) is 0.364. The van der Waals surface area contributed by atoms with Crippen LogP contribution in [0, 0.1) is 0 Å². The van der Waals surface area contributed by atoms with Crippen LogP contribution in [0.1, 0.15) is 6.92 Å². The van der Waals surface area contributed by atoms with Gasteiger partial charge in [0.1, 0.15) is 5.75 Å². The van der Waals surface area contributed by atoms with Crippen LogP contribution < -0.4 is 10.1 Å². The molecule has 1 heterocycles. The van der Waals surface area contributed by atoms with Gasteiger partial charge in [-0.2, -0.15) is 0 Å². The summed E-state index contributed by atoms with van der Waals surface area (Å²) in [6.07, 6.45) is 3.20. The van der Waals surface area contributed by atoms with Gasteiger partial charge in [0.25, 0.3) is 5.91 Å². The maximum atomic E-state index is 11.5. The van der Waals surface area contributed by atoms with Gasteiger partial charge >= 0.3 is 0 Å². The number of pyridine rings is 1. The lowest BCUT2D eigenvalue weighted by Gasteiger charge is -2.13. The molecule has 0 spiro atoms. The van der Waals surface area contributed by atoms with Crippen LogP contribution >= 0.6 is 15.9 Å². The van der Waals surface area contributed by atoms with Gasteiger partial charge in [-0.1, -0.05) is 0 Å². The second-order valence-electron chi connectivity index (χ2n) is 3.55. The molecule has 0 bridgehead atoms. The minimum absolute atomic E-state index is 0.0308. The van der Waals surface area contributed by atoms with E-state index in [9.17, 15) is 4.79 Å². The summed E-state index contributed by atoms with van der Waals surface area (Å²) in [7, 11) is 1.59. The molecule has 0 saturated heterocycles. The van der Waals surface area contributed by atoms with E-state index in [2.05, 4.69) is 26.2 Å². The summed E-state index contributed by atoms with van der Waals surface area (Å²) in [6.45, 7) is 2.30. The van der Waals surface area contributed by atoms with Crippen molar-refractivity contribution in [1.82, 2.24) is 10.3 Å². The number of rotatable bonds is 6. The molecular weight excluding hydrogens is 288 g/mol. The summed E-state index contributed by atoms with van der Waals surface area (Å²) >= 11 is 3.27. The molecule has 94 valence electrons. The Labute approximate surface area is 109 Å². The minimum atomic E-state index is -0.186. The molecule has 0 radical (unpaired) electrons. The van der Waals surface area contributed by atoms with E-state index in [0.29, 0.717) is 12.4 Å². The Kier molecular flexibility index (Phi) is 5.93. The molecule has 0 aliphatic rings. The van der Waals surface area contributed by atoms with Crippen molar-refractivity contribution < 1.29 is 14.3 Å². The third-order valence-corrected chi connectivity index (χ3v) is 2.31. The number of carbonyl (C=O) groups excluding carboxylic acids is 1. The first-order chi connectivity index (χ1) is 8.11. The van der Waals surface area contributed by atoms with Crippen LogP contribution in [0.3, 0.4) is 0 Å². The van der Waals surface area contributed by atoms with E-state index in [1.54, 1.807) is 25.6 Å². The molecule has 1 N–H and O–H groups in total. The Morgan fingerprint density at radius 2 is 2.35 bits per heavy atom. The fourth-order valence-corrected chi connectivity index (χ4v) is 1.57. The molecule has 1 amide bonds. The summed E-state index contributed by atoms with van der Waals surface area (Å²) in [6, 6.07) is 1.72. The van der Waals surface area contributed by atoms with E-state index in [1.165, 1.54) is 0 Å². The van der Waals surface area contributed by atoms with Crippen LogP contribution in [-0.4, -0.2) is 37.3 Å². The minimum Gasteiger partial charge on any atom is -0.482 e. The van der Waals surface area contributed by atoms with E-state index in [4.69, 9.17) is 9.47 Å². The third-order valence-electron chi connectivity index (χ3n) is 1.87. The van der Waals surface area contributed by atoms with Gasteiger partial charge in [-0.25, -0.2) is 0 Å². The number of aromatic nitrogens is 1. The first-order valence-corrected chi connectivity index (χ1v) is 5.92. The lowest BCUT2D eigenvalue weighted by Crippen LogP contribution is -2.38. The quantitative estimate of drug-likeness (QED) is 0.862. The molecule has 0 saturated carbocycles. The predicted octanol–water partition coefficient (Wildman–Crippen LogP) is 1.37. The van der Waals surface area contributed by atoms with Crippen molar-refractivity contribution in [3.8, 4) is 5.75 Å². The average molecular weight is 303 g/mol. The van der Waals surface area contributed by atoms with Gasteiger partial charge in [0, 0.05) is 23.8 Å². The van der Waals surface area contributed by atoms with E-state index in [-0.39, 0.29) is 18.6 Å². The predicted molar refractivity (Wildman–Crippen MR) is 66.9 cm³/mol. The normalized spacial score (nSPS) is 11.9. The molecule has 1 aromatic rings. The van der Waals surface area contributed by atoms with Gasteiger partial charge in [-0.3, -0.25) is 9.78 Å². The van der Waals surface area contributed by atoms with E-state index >= 15 is 0 Å². The maximum absolute atomic E-state index is 11.5. The molecule has 5 nitrogen and oxygen atoms in total. The van der Waals surface area contributed by atoms with Crippen molar-refractivity contribution >= 4 is 21.8 Å². The topological polar surface area (TPSA) is 60.5 Å². The molecule has 1 atom stereocenters. The van der Waals surface area contributed by atoms with Crippen LogP contribution in [0.5, 0.6) is 5.75 Å². The number of amides is 1. The second-order valence-corrected chi connectivity index (χ2v) is 4.47. The summed E-state index contributed by atoms with van der Waals surface area (Å²) in [5, 5.41) is 2.74. The Hall–Kier alpha value is -1.14. The first kappa shape index (κ1) is 13.9. The van der Waals surface area contributed by atoms with Crippen molar-refractivity contribution in [1.29, 1.82) is 0 Å². The lowest BCUT2D eigenvalue weighted by atomic mass is 10.3. The van der Waals surface area contributed by atoms with Gasteiger partial charge in [0.2, 0.25) is 0 Å². The average Bonchev–Trinajstić information content (AvgIpc) is 2.27. The van der Waals surface area contributed by atoms with Crippen LogP contribution in [-0.2, 0) is 9.53 Å². The highest BCUT2D eigenvalue weighted by atomic mass is 79.9. The smallest absolute Gasteiger partial charge is 0.258 e. The largest absolute Gasteiger partial charge is 0.482 e. The van der Waals surface area contributed by atoms with Crippen molar-refractivity contribution in [2.75, 3.05) is 20.3 Å². The number of ether oxygens (including phenoxy) is 2. The van der Waals surface area contributed by atoms with Gasteiger partial charge in [0.15, 0.2) is 6.61 Å². The fourth-order valence-electron chi connectivity index (χ4n) is 1.23. The van der Waals surface area contributed by atoms with Crippen LogP contribution in [0.15, 0.2) is 22.9 Å². The molecule has 6 heteroatoms. The maximum Gasteiger partial charge on any atom is 0.258 e. The highest BCUT2D eigenvalue weighted by Crippen LogP contribution is 2.15. The number of nitrogens with one attached hydrogen (secondary N) is 1. The van der Waals surface area contributed by atoms with Gasteiger partial charge in [-0.05, 0) is 28.9 Å². The van der Waals surface area contributed by atoms with E-state index < -0.39 is 0 Å². The Morgan fingerprint density at radius 1 is 1.59 bits per heavy atom. The van der Waals surface area contributed by atoms with Crippen molar-refractivity contribution in [2.24, 2.45) is 0 Å². The lowest BCUT2D eigenvalue weighted by molar-refractivity contribution is -0.124.